The van der Waals surface area contributed by atoms with Crippen LogP contribution in [0.1, 0.15) is 13.8 Å². The Balaban J connectivity index is 2.94. The van der Waals surface area contributed by atoms with Gasteiger partial charge in [0.1, 0.15) is 5.25 Å². The highest BCUT2D eigenvalue weighted by Gasteiger charge is 2.33. The molecule has 0 heterocycles. The maximum Gasteiger partial charge on any atom is 0.320 e. The summed E-state index contributed by atoms with van der Waals surface area (Å²) in [6.07, 6.45) is 0. The highest BCUT2D eigenvalue weighted by molar-refractivity contribution is 8.00. The highest BCUT2D eigenvalue weighted by atomic mass is 32.2. The molecule has 0 radical (unpaired) electrons. The molecule has 1 aromatic carbocycles. The summed E-state index contributed by atoms with van der Waals surface area (Å²) in [4.78, 5) is 34.4. The van der Waals surface area contributed by atoms with Crippen LogP contribution >= 0.6 is 11.8 Å². The normalized spacial score (nSPS) is 13.0. The number of nitrogens with zero attached hydrogens (tertiary/aromatic N) is 1. The van der Waals surface area contributed by atoms with Crippen LogP contribution in [0.2, 0.25) is 0 Å². The molecule has 2 atom stereocenters. The Hall–Kier alpha value is -2.09. The van der Waals surface area contributed by atoms with Crippen LogP contribution in [0.4, 0.5) is 5.69 Å². The van der Waals surface area contributed by atoms with E-state index in [-0.39, 0.29) is 12.3 Å². The number of esters is 2. The van der Waals surface area contributed by atoms with Crippen molar-refractivity contribution in [3.63, 3.8) is 0 Å². The number of carbonyl (C=O) groups is 2. The van der Waals surface area contributed by atoms with Gasteiger partial charge in [-0.25, -0.2) is 0 Å². The van der Waals surface area contributed by atoms with E-state index in [2.05, 4.69) is 4.74 Å². The molecule has 0 bridgehead atoms. The number of hydrogen-bond acceptors (Lipinski definition) is 7. The summed E-state index contributed by atoms with van der Waals surface area (Å²) in [6, 6.07) is 5.73. The fourth-order valence-corrected chi connectivity index (χ4v) is 2.75. The quantitative estimate of drug-likeness (QED) is 0.328. The molecule has 0 fully saturated rings. The van der Waals surface area contributed by atoms with Crippen molar-refractivity contribution in [2.24, 2.45) is 5.92 Å². The maximum absolute atomic E-state index is 12.0. The topological polar surface area (TPSA) is 95.7 Å². The van der Waals surface area contributed by atoms with E-state index in [0.717, 1.165) is 11.8 Å². The lowest BCUT2D eigenvalue weighted by atomic mass is 10.1. The standard InChI is InChI=1S/C14H17NO6S/c1-4-21-14(17)12(9(2)13(16)20-3)22-11-7-5-10(6-8-11)15(18)19/h5-9,12H,4H2,1-3H3/t9-,12+/m0/s1. The number of thioether (sulfide) groups is 1. The van der Waals surface area contributed by atoms with Gasteiger partial charge < -0.3 is 9.47 Å². The van der Waals surface area contributed by atoms with Crippen molar-refractivity contribution >= 4 is 29.4 Å². The van der Waals surface area contributed by atoms with Crippen LogP contribution in [0.3, 0.4) is 0 Å². The first-order valence-corrected chi connectivity index (χ1v) is 7.44. The molecule has 0 aliphatic heterocycles. The van der Waals surface area contributed by atoms with Gasteiger partial charge in [-0.2, -0.15) is 0 Å². The van der Waals surface area contributed by atoms with Gasteiger partial charge >= 0.3 is 11.9 Å². The molecule has 1 rings (SSSR count). The molecule has 120 valence electrons. The molecule has 7 nitrogen and oxygen atoms in total. The summed E-state index contributed by atoms with van der Waals surface area (Å²) in [5.74, 6) is -1.75. The number of ether oxygens (including phenoxy) is 2. The Bertz CT molecular complexity index is 545. The molecule has 0 saturated heterocycles. The zero-order valence-electron chi connectivity index (χ0n) is 12.5. The Morgan fingerprint density at radius 1 is 1.27 bits per heavy atom. The SMILES string of the molecule is CCOC(=O)[C@H](Sc1ccc([N+](=O)[O-])cc1)[C@H](C)C(=O)OC. The minimum Gasteiger partial charge on any atom is -0.469 e. The summed E-state index contributed by atoms with van der Waals surface area (Å²) < 4.78 is 9.64. The molecule has 0 aromatic heterocycles. The van der Waals surface area contributed by atoms with Crippen LogP contribution in [0, 0.1) is 16.0 Å². The molecular weight excluding hydrogens is 310 g/mol. The van der Waals surface area contributed by atoms with Crippen molar-refractivity contribution < 1.29 is 24.0 Å². The molecule has 0 aliphatic carbocycles. The number of benzene rings is 1. The van der Waals surface area contributed by atoms with Gasteiger partial charge in [-0.15, -0.1) is 11.8 Å². The number of carbonyl (C=O) groups excluding carboxylic acids is 2. The van der Waals surface area contributed by atoms with Gasteiger partial charge in [0.15, 0.2) is 0 Å². The average molecular weight is 327 g/mol. The second-order valence-electron chi connectivity index (χ2n) is 4.35. The van der Waals surface area contributed by atoms with Gasteiger partial charge in [0.25, 0.3) is 5.69 Å². The smallest absolute Gasteiger partial charge is 0.320 e. The van der Waals surface area contributed by atoms with Crippen molar-refractivity contribution in [3.8, 4) is 0 Å². The Kier molecular flexibility index (Phi) is 6.84. The number of rotatable bonds is 7. The van der Waals surface area contributed by atoms with Crippen molar-refractivity contribution in [1.82, 2.24) is 0 Å². The molecule has 0 aliphatic rings. The minimum atomic E-state index is -0.783. The molecule has 8 heteroatoms. The number of nitro benzene ring substituents is 1. The van der Waals surface area contributed by atoms with E-state index in [0.29, 0.717) is 4.90 Å². The predicted octanol–water partition coefficient (Wildman–Crippen LogP) is 2.43. The van der Waals surface area contributed by atoms with E-state index in [1.54, 1.807) is 13.8 Å². The van der Waals surface area contributed by atoms with Gasteiger partial charge in [0, 0.05) is 17.0 Å². The van der Waals surface area contributed by atoms with Crippen LogP contribution in [0.25, 0.3) is 0 Å². The first-order valence-electron chi connectivity index (χ1n) is 6.56. The van der Waals surface area contributed by atoms with Crippen molar-refractivity contribution in [2.45, 2.75) is 24.0 Å². The fourth-order valence-electron chi connectivity index (χ4n) is 1.68. The third-order valence-corrected chi connectivity index (χ3v) is 4.26. The summed E-state index contributed by atoms with van der Waals surface area (Å²) in [6.45, 7) is 3.45. The molecule has 0 saturated carbocycles. The van der Waals surface area contributed by atoms with E-state index >= 15 is 0 Å². The predicted molar refractivity (Wildman–Crippen MR) is 80.6 cm³/mol. The average Bonchev–Trinajstić information content (AvgIpc) is 2.51. The monoisotopic (exact) mass is 327 g/mol. The maximum atomic E-state index is 12.0. The van der Waals surface area contributed by atoms with Crippen LogP contribution in [-0.4, -0.2) is 35.8 Å². The van der Waals surface area contributed by atoms with E-state index < -0.39 is 28.0 Å². The third kappa shape index (κ3) is 4.73. The molecule has 1 aromatic rings. The van der Waals surface area contributed by atoms with Crippen molar-refractivity contribution in [3.05, 3.63) is 34.4 Å². The third-order valence-electron chi connectivity index (χ3n) is 2.86. The summed E-state index contributed by atoms with van der Waals surface area (Å²) >= 11 is 1.11. The van der Waals surface area contributed by atoms with Gasteiger partial charge in [0.2, 0.25) is 0 Å². The number of non-ortho nitro benzene ring substituents is 1. The van der Waals surface area contributed by atoms with Gasteiger partial charge in [-0.1, -0.05) is 6.92 Å². The van der Waals surface area contributed by atoms with Crippen LogP contribution < -0.4 is 0 Å². The van der Waals surface area contributed by atoms with Gasteiger partial charge in [0.05, 0.1) is 24.6 Å². The first-order chi connectivity index (χ1) is 10.4. The van der Waals surface area contributed by atoms with Crippen LogP contribution in [0.15, 0.2) is 29.2 Å². The highest BCUT2D eigenvalue weighted by Crippen LogP contribution is 2.31. The summed E-state index contributed by atoms with van der Waals surface area (Å²) in [5, 5.41) is 9.84. The Morgan fingerprint density at radius 3 is 2.32 bits per heavy atom. The van der Waals surface area contributed by atoms with E-state index in [1.807, 2.05) is 0 Å². The molecular formula is C14H17NO6S. The van der Waals surface area contributed by atoms with Gasteiger partial charge in [-0.3, -0.25) is 19.7 Å². The van der Waals surface area contributed by atoms with E-state index in [9.17, 15) is 19.7 Å². The summed E-state index contributed by atoms with van der Waals surface area (Å²) in [7, 11) is 1.25. The zero-order valence-corrected chi connectivity index (χ0v) is 13.3. The number of methoxy groups -OCH3 is 1. The zero-order chi connectivity index (χ0) is 16.7. The first kappa shape index (κ1) is 18.0. The largest absolute Gasteiger partial charge is 0.469 e. The number of nitro groups is 1. The lowest BCUT2D eigenvalue weighted by Crippen LogP contribution is -2.32. The van der Waals surface area contributed by atoms with Crippen LogP contribution in [0.5, 0.6) is 0 Å². The fraction of sp³-hybridized carbons (Fsp3) is 0.429. The minimum absolute atomic E-state index is 0.0435. The molecule has 0 amide bonds. The molecule has 0 spiro atoms. The number of hydrogen-bond donors (Lipinski definition) is 0. The van der Waals surface area contributed by atoms with Crippen molar-refractivity contribution in [1.29, 1.82) is 0 Å². The van der Waals surface area contributed by atoms with E-state index in [4.69, 9.17) is 4.74 Å². The van der Waals surface area contributed by atoms with E-state index in [1.165, 1.54) is 31.4 Å². The lowest BCUT2D eigenvalue weighted by molar-refractivity contribution is -0.384. The Labute approximate surface area is 132 Å². The lowest BCUT2D eigenvalue weighted by Gasteiger charge is -2.20. The molecule has 0 unspecified atom stereocenters. The van der Waals surface area contributed by atoms with Gasteiger partial charge in [-0.05, 0) is 19.1 Å². The Morgan fingerprint density at radius 2 is 1.86 bits per heavy atom. The molecule has 0 N–H and O–H groups in total. The second kappa shape index (κ2) is 8.38. The summed E-state index contributed by atoms with van der Waals surface area (Å²) in [5.41, 5.74) is -0.0435. The van der Waals surface area contributed by atoms with Crippen LogP contribution in [-0.2, 0) is 19.1 Å². The molecule has 22 heavy (non-hydrogen) atoms. The van der Waals surface area contributed by atoms with Crippen molar-refractivity contribution in [2.75, 3.05) is 13.7 Å². The second-order valence-corrected chi connectivity index (χ2v) is 5.57.